The van der Waals surface area contributed by atoms with Crippen LogP contribution in [-0.2, 0) is 0 Å². The third kappa shape index (κ3) is 2.73. The molecule has 2 aliphatic rings. The Labute approximate surface area is 113 Å². The predicted molar refractivity (Wildman–Crippen MR) is 77.7 cm³/mol. The van der Waals surface area contributed by atoms with Gasteiger partial charge in [0.1, 0.15) is 0 Å². The first-order chi connectivity index (χ1) is 8.59. The minimum atomic E-state index is 0.225. The molecule has 2 N–H and O–H groups in total. The van der Waals surface area contributed by atoms with Gasteiger partial charge in [-0.1, -0.05) is 19.8 Å². The predicted octanol–water partition coefficient (Wildman–Crippen LogP) is 1.92. The van der Waals surface area contributed by atoms with Crippen molar-refractivity contribution in [3.8, 4) is 0 Å². The molecule has 3 unspecified atom stereocenters. The highest BCUT2D eigenvalue weighted by molar-refractivity contribution is 4.99. The van der Waals surface area contributed by atoms with Gasteiger partial charge in [-0.05, 0) is 52.2 Å². The highest BCUT2D eigenvalue weighted by Crippen LogP contribution is 2.34. The third-order valence-corrected chi connectivity index (χ3v) is 5.44. The van der Waals surface area contributed by atoms with Crippen molar-refractivity contribution in [1.82, 2.24) is 9.80 Å². The van der Waals surface area contributed by atoms with E-state index in [-0.39, 0.29) is 5.54 Å². The normalized spacial score (nSPS) is 39.2. The van der Waals surface area contributed by atoms with Gasteiger partial charge in [0.25, 0.3) is 0 Å². The van der Waals surface area contributed by atoms with Crippen molar-refractivity contribution in [3.05, 3.63) is 0 Å². The van der Waals surface area contributed by atoms with Crippen molar-refractivity contribution < 1.29 is 0 Å². The number of piperidine rings is 1. The summed E-state index contributed by atoms with van der Waals surface area (Å²) in [6, 6.07) is 0.744. The summed E-state index contributed by atoms with van der Waals surface area (Å²) in [4.78, 5) is 5.12. The van der Waals surface area contributed by atoms with E-state index >= 15 is 0 Å². The van der Waals surface area contributed by atoms with E-state index in [1.54, 1.807) is 0 Å². The molecule has 1 aliphatic heterocycles. The fraction of sp³-hybridized carbons (Fsp3) is 1.00. The second-order valence-corrected chi connectivity index (χ2v) is 6.71. The molecule has 0 radical (unpaired) electrons. The van der Waals surface area contributed by atoms with E-state index in [4.69, 9.17) is 5.73 Å². The van der Waals surface area contributed by atoms with Gasteiger partial charge in [0.05, 0.1) is 0 Å². The average molecular weight is 253 g/mol. The summed E-state index contributed by atoms with van der Waals surface area (Å²) in [6.07, 6.45) is 8.14. The number of likely N-dealkylation sites (tertiary alicyclic amines) is 1. The Kier molecular flexibility index (Phi) is 4.68. The molecule has 3 nitrogen and oxygen atoms in total. The van der Waals surface area contributed by atoms with Crippen molar-refractivity contribution in [1.29, 1.82) is 0 Å². The molecule has 3 heteroatoms. The van der Waals surface area contributed by atoms with Crippen molar-refractivity contribution >= 4 is 0 Å². The monoisotopic (exact) mass is 253 g/mol. The zero-order valence-corrected chi connectivity index (χ0v) is 12.5. The van der Waals surface area contributed by atoms with E-state index in [9.17, 15) is 0 Å². The Balaban J connectivity index is 2.10. The maximum atomic E-state index is 6.19. The number of likely N-dealkylation sites (N-methyl/N-ethyl adjacent to an activating group) is 2. The highest BCUT2D eigenvalue weighted by Gasteiger charge is 2.41. The maximum Gasteiger partial charge on any atom is 0.0458 e. The van der Waals surface area contributed by atoms with Gasteiger partial charge in [-0.3, -0.25) is 4.90 Å². The lowest BCUT2D eigenvalue weighted by atomic mass is 9.80. The topological polar surface area (TPSA) is 32.5 Å². The summed E-state index contributed by atoms with van der Waals surface area (Å²) >= 11 is 0. The number of hydrogen-bond donors (Lipinski definition) is 1. The second-order valence-electron chi connectivity index (χ2n) is 6.71. The van der Waals surface area contributed by atoms with Gasteiger partial charge in [-0.15, -0.1) is 0 Å². The van der Waals surface area contributed by atoms with E-state index in [0.29, 0.717) is 0 Å². The fourth-order valence-electron chi connectivity index (χ4n) is 4.16. The summed E-state index contributed by atoms with van der Waals surface area (Å²) in [5, 5.41) is 0. The van der Waals surface area contributed by atoms with Crippen LogP contribution in [0.3, 0.4) is 0 Å². The molecule has 106 valence electrons. The number of nitrogens with zero attached hydrogens (tertiary/aromatic N) is 2. The van der Waals surface area contributed by atoms with Crippen LogP contribution in [0.2, 0.25) is 0 Å². The Morgan fingerprint density at radius 2 is 2.00 bits per heavy atom. The van der Waals surface area contributed by atoms with Crippen LogP contribution < -0.4 is 5.73 Å². The van der Waals surface area contributed by atoms with Gasteiger partial charge in [0, 0.05) is 24.7 Å². The van der Waals surface area contributed by atoms with Crippen LogP contribution >= 0.6 is 0 Å². The van der Waals surface area contributed by atoms with Gasteiger partial charge in [-0.25, -0.2) is 0 Å². The molecule has 0 aromatic rings. The van der Waals surface area contributed by atoms with Gasteiger partial charge in [0.2, 0.25) is 0 Å². The van der Waals surface area contributed by atoms with Gasteiger partial charge >= 0.3 is 0 Å². The van der Waals surface area contributed by atoms with E-state index in [1.165, 1.54) is 45.1 Å². The van der Waals surface area contributed by atoms with Crippen LogP contribution in [0.1, 0.15) is 45.4 Å². The molecule has 0 aromatic heterocycles. The number of hydrogen-bond acceptors (Lipinski definition) is 3. The smallest absolute Gasteiger partial charge is 0.0458 e. The Bertz CT molecular complexity index is 268. The highest BCUT2D eigenvalue weighted by atomic mass is 15.3. The van der Waals surface area contributed by atoms with E-state index in [0.717, 1.165) is 25.0 Å². The minimum absolute atomic E-state index is 0.225. The molecule has 1 aliphatic carbocycles. The summed E-state index contributed by atoms with van der Waals surface area (Å²) in [7, 11) is 4.57. The van der Waals surface area contributed by atoms with Crippen LogP contribution in [0.5, 0.6) is 0 Å². The summed E-state index contributed by atoms with van der Waals surface area (Å²) in [6.45, 7) is 5.60. The first kappa shape index (κ1) is 14.3. The Morgan fingerprint density at radius 1 is 1.28 bits per heavy atom. The van der Waals surface area contributed by atoms with E-state index < -0.39 is 0 Å². The molecule has 3 atom stereocenters. The standard InChI is InChI=1S/C15H31N3/c1-13-7-4-5-8-14(13)18(3)15(11-16)9-6-10-17(2)12-15/h13-14H,4-12,16H2,1-3H3. The molecule has 0 aromatic carbocycles. The van der Waals surface area contributed by atoms with E-state index in [2.05, 4.69) is 30.8 Å². The Morgan fingerprint density at radius 3 is 2.61 bits per heavy atom. The molecule has 0 amide bonds. The second kappa shape index (κ2) is 5.89. The Hall–Kier alpha value is -0.120. The van der Waals surface area contributed by atoms with Gasteiger partial charge in [-0.2, -0.15) is 0 Å². The molecule has 18 heavy (non-hydrogen) atoms. The maximum absolute atomic E-state index is 6.19. The van der Waals surface area contributed by atoms with Crippen LogP contribution in [0.25, 0.3) is 0 Å². The quantitative estimate of drug-likeness (QED) is 0.834. The first-order valence-electron chi connectivity index (χ1n) is 7.70. The van der Waals surface area contributed by atoms with Crippen molar-refractivity contribution in [3.63, 3.8) is 0 Å². The molecular formula is C15H31N3. The zero-order chi connectivity index (χ0) is 13.2. The summed E-state index contributed by atoms with van der Waals surface area (Å²) in [5.41, 5.74) is 6.41. The largest absolute Gasteiger partial charge is 0.329 e. The average Bonchev–Trinajstić information content (AvgIpc) is 2.38. The van der Waals surface area contributed by atoms with Crippen LogP contribution in [0.15, 0.2) is 0 Å². The lowest BCUT2D eigenvalue weighted by Crippen LogP contribution is -2.64. The van der Waals surface area contributed by atoms with Crippen molar-refractivity contribution in [2.75, 3.05) is 33.7 Å². The molecule has 2 fully saturated rings. The van der Waals surface area contributed by atoms with Crippen LogP contribution in [-0.4, -0.2) is 55.1 Å². The lowest BCUT2D eigenvalue weighted by Gasteiger charge is -2.52. The van der Waals surface area contributed by atoms with Crippen LogP contribution in [0.4, 0.5) is 0 Å². The van der Waals surface area contributed by atoms with E-state index in [1.807, 2.05) is 0 Å². The first-order valence-corrected chi connectivity index (χ1v) is 7.70. The number of nitrogens with two attached hydrogens (primary N) is 1. The fourth-order valence-corrected chi connectivity index (χ4v) is 4.16. The van der Waals surface area contributed by atoms with Crippen molar-refractivity contribution in [2.45, 2.75) is 57.0 Å². The molecule has 1 saturated carbocycles. The SMILES string of the molecule is CC1CCCCC1N(C)C1(CN)CCCN(C)C1. The number of rotatable bonds is 3. The zero-order valence-electron chi connectivity index (χ0n) is 12.5. The van der Waals surface area contributed by atoms with Gasteiger partial charge < -0.3 is 10.6 Å². The molecule has 1 saturated heterocycles. The summed E-state index contributed by atoms with van der Waals surface area (Å²) in [5.74, 6) is 0.833. The molecule has 1 heterocycles. The molecule has 0 spiro atoms. The molecular weight excluding hydrogens is 222 g/mol. The lowest BCUT2D eigenvalue weighted by molar-refractivity contribution is -0.0120. The third-order valence-electron chi connectivity index (χ3n) is 5.44. The van der Waals surface area contributed by atoms with Gasteiger partial charge in [0.15, 0.2) is 0 Å². The molecule has 2 rings (SSSR count). The van der Waals surface area contributed by atoms with Crippen LogP contribution in [0, 0.1) is 5.92 Å². The molecule has 0 bridgehead atoms. The summed E-state index contributed by atoms with van der Waals surface area (Å²) < 4.78 is 0. The minimum Gasteiger partial charge on any atom is -0.329 e. The van der Waals surface area contributed by atoms with Crippen molar-refractivity contribution in [2.24, 2.45) is 11.7 Å².